The highest BCUT2D eigenvalue weighted by Gasteiger charge is 2.21. The molecule has 9 aromatic carbocycles. The SMILES string of the molecule is C=CC(=O)Oc1cc(-c2ccc(C)cc2)c2cc(N(C3=CCC(c4ccc(N(c5ccccc5)c5ccc6cc(OC(=O)C=C)cc(-c7ccc(C)cc7)c6c5)cc4)C=C3)c3ccccc3)ccc2c1. The standard InChI is InChI=1S/C64H50N2O4/c1-5-63(67)69-57-37-49-29-35-55(39-59(49)61(41-57)47-21-17-43(3)18-22-47)65(51-13-9-7-10-14-51)53-31-25-45(26-32-53)46-27-33-54(34-28-46)66(52-15-11-8-12-16-52)56-36-30-50-38-58(70-64(68)6-2)42-62(60(50)40-56)48-23-19-44(4)20-24-48/h5-27,29-42,46H,1-2,28H2,3-4H3. The van der Waals surface area contributed by atoms with Crippen molar-refractivity contribution in [1.82, 2.24) is 0 Å². The fourth-order valence-corrected chi connectivity index (χ4v) is 9.23. The fraction of sp³-hybridized carbons (Fsp3) is 0.0625. The number of carbonyl (C=O) groups excluding carboxylic acids is 2. The van der Waals surface area contributed by atoms with Crippen molar-refractivity contribution in [2.24, 2.45) is 0 Å². The van der Waals surface area contributed by atoms with Crippen molar-refractivity contribution in [3.8, 4) is 33.8 Å². The molecule has 6 nitrogen and oxygen atoms in total. The number of rotatable bonds is 13. The summed E-state index contributed by atoms with van der Waals surface area (Å²) in [6.45, 7) is 11.3. The normalized spacial score (nSPS) is 13.1. The number of esters is 2. The van der Waals surface area contributed by atoms with Crippen LogP contribution in [0.3, 0.4) is 0 Å². The van der Waals surface area contributed by atoms with E-state index in [2.05, 4.69) is 213 Å². The highest BCUT2D eigenvalue weighted by Crippen LogP contribution is 2.43. The molecule has 6 heteroatoms. The molecular formula is C64H50N2O4. The Balaban J connectivity index is 0.971. The van der Waals surface area contributed by atoms with E-state index in [4.69, 9.17) is 9.47 Å². The first-order valence-electron chi connectivity index (χ1n) is 23.4. The van der Waals surface area contributed by atoms with Crippen LogP contribution in [-0.4, -0.2) is 11.9 Å². The Morgan fingerprint density at radius 3 is 1.40 bits per heavy atom. The number of hydrogen-bond donors (Lipinski definition) is 0. The molecule has 1 aliphatic rings. The van der Waals surface area contributed by atoms with Gasteiger partial charge in [0.2, 0.25) is 0 Å². The van der Waals surface area contributed by atoms with E-state index in [0.29, 0.717) is 11.5 Å². The van der Waals surface area contributed by atoms with Crippen molar-refractivity contribution < 1.29 is 19.1 Å². The van der Waals surface area contributed by atoms with Gasteiger partial charge in [-0.25, -0.2) is 9.59 Å². The molecule has 10 rings (SSSR count). The summed E-state index contributed by atoms with van der Waals surface area (Å²) in [5.74, 6) is 0.108. The number of aryl methyl sites for hydroxylation is 2. The first-order valence-corrected chi connectivity index (χ1v) is 23.4. The molecule has 1 unspecified atom stereocenters. The molecule has 0 bridgehead atoms. The minimum Gasteiger partial charge on any atom is -0.423 e. The average Bonchev–Trinajstić information content (AvgIpc) is 3.40. The molecule has 0 radical (unpaired) electrons. The van der Waals surface area contributed by atoms with E-state index in [1.807, 2.05) is 36.4 Å². The van der Waals surface area contributed by atoms with Crippen LogP contribution in [-0.2, 0) is 9.59 Å². The monoisotopic (exact) mass is 910 g/mol. The average molecular weight is 911 g/mol. The van der Waals surface area contributed by atoms with Gasteiger partial charge in [0.15, 0.2) is 0 Å². The van der Waals surface area contributed by atoms with Crippen LogP contribution in [0.5, 0.6) is 11.5 Å². The Kier molecular flexibility index (Phi) is 12.6. The van der Waals surface area contributed by atoms with Crippen molar-refractivity contribution in [2.75, 3.05) is 9.80 Å². The third kappa shape index (κ3) is 9.44. The molecule has 0 heterocycles. The summed E-state index contributed by atoms with van der Waals surface area (Å²) in [4.78, 5) is 29.2. The second-order valence-corrected chi connectivity index (χ2v) is 17.5. The van der Waals surface area contributed by atoms with Crippen molar-refractivity contribution in [3.05, 3.63) is 260 Å². The van der Waals surface area contributed by atoms with Crippen molar-refractivity contribution in [2.45, 2.75) is 26.2 Å². The molecule has 340 valence electrons. The zero-order chi connectivity index (χ0) is 48.1. The highest BCUT2D eigenvalue weighted by molar-refractivity contribution is 6.02. The number of hydrogen-bond acceptors (Lipinski definition) is 6. The number of fused-ring (bicyclic) bond motifs is 2. The second-order valence-electron chi connectivity index (χ2n) is 17.5. The summed E-state index contributed by atoms with van der Waals surface area (Å²) < 4.78 is 11.3. The molecule has 0 aromatic heterocycles. The predicted molar refractivity (Wildman–Crippen MR) is 288 cm³/mol. The number of benzene rings is 9. The van der Waals surface area contributed by atoms with Gasteiger partial charge in [-0.2, -0.15) is 0 Å². The molecule has 70 heavy (non-hydrogen) atoms. The minimum atomic E-state index is -0.500. The van der Waals surface area contributed by atoms with Crippen molar-refractivity contribution in [1.29, 1.82) is 0 Å². The molecular weight excluding hydrogens is 861 g/mol. The Labute approximate surface area is 409 Å². The lowest BCUT2D eigenvalue weighted by Crippen LogP contribution is -2.17. The fourth-order valence-electron chi connectivity index (χ4n) is 9.23. The maximum Gasteiger partial charge on any atom is 0.335 e. The zero-order valence-electron chi connectivity index (χ0n) is 39.1. The number of ether oxygens (including phenoxy) is 2. The lowest BCUT2D eigenvalue weighted by molar-refractivity contribution is -0.129. The van der Waals surface area contributed by atoms with E-state index in [9.17, 15) is 9.59 Å². The van der Waals surface area contributed by atoms with Gasteiger partial charge in [0.25, 0.3) is 0 Å². The predicted octanol–water partition coefficient (Wildman–Crippen LogP) is 16.4. The van der Waals surface area contributed by atoms with Crippen molar-refractivity contribution >= 4 is 61.9 Å². The Bertz CT molecular complexity index is 3490. The number of anilines is 5. The second kappa shape index (κ2) is 19.7. The molecule has 0 aliphatic heterocycles. The molecule has 0 N–H and O–H groups in total. The van der Waals surface area contributed by atoms with E-state index < -0.39 is 11.9 Å². The van der Waals surface area contributed by atoms with Gasteiger partial charge >= 0.3 is 11.9 Å². The molecule has 1 atom stereocenters. The van der Waals surface area contributed by atoms with Crippen LogP contribution >= 0.6 is 0 Å². The van der Waals surface area contributed by atoms with E-state index in [-0.39, 0.29) is 5.92 Å². The van der Waals surface area contributed by atoms with E-state index >= 15 is 0 Å². The van der Waals surface area contributed by atoms with Crippen LogP contribution in [0.2, 0.25) is 0 Å². The molecule has 0 amide bonds. The summed E-state index contributed by atoms with van der Waals surface area (Å²) in [5, 5.41) is 3.99. The van der Waals surface area contributed by atoms with Gasteiger partial charge in [-0.3, -0.25) is 0 Å². The summed E-state index contributed by atoms with van der Waals surface area (Å²) in [6, 6.07) is 67.1. The lowest BCUT2D eigenvalue weighted by atomic mass is 9.91. The minimum absolute atomic E-state index is 0.171. The third-order valence-corrected chi connectivity index (χ3v) is 12.8. The van der Waals surface area contributed by atoms with Gasteiger partial charge in [0.05, 0.1) is 0 Å². The molecule has 1 aliphatic carbocycles. The Morgan fingerprint density at radius 1 is 0.500 bits per heavy atom. The zero-order valence-corrected chi connectivity index (χ0v) is 39.1. The first-order chi connectivity index (χ1) is 34.2. The third-order valence-electron chi connectivity index (χ3n) is 12.8. The molecule has 0 spiro atoms. The van der Waals surface area contributed by atoms with Gasteiger partial charge in [-0.05, 0) is 161 Å². The van der Waals surface area contributed by atoms with E-state index in [1.54, 1.807) is 0 Å². The van der Waals surface area contributed by atoms with Gasteiger partial charge in [0, 0.05) is 52.2 Å². The quantitative estimate of drug-likeness (QED) is 0.0652. The van der Waals surface area contributed by atoms with Gasteiger partial charge in [-0.1, -0.05) is 146 Å². The lowest BCUT2D eigenvalue weighted by Gasteiger charge is -2.30. The molecule has 0 saturated heterocycles. The number of allylic oxidation sites excluding steroid dienone is 3. The number of nitrogens with zero attached hydrogens (tertiary/aromatic N) is 2. The van der Waals surface area contributed by atoms with Crippen LogP contribution < -0.4 is 19.3 Å². The maximum atomic E-state index is 12.3. The van der Waals surface area contributed by atoms with Crippen LogP contribution in [0.4, 0.5) is 28.4 Å². The van der Waals surface area contributed by atoms with E-state index in [1.165, 1.54) is 23.3 Å². The van der Waals surface area contributed by atoms with Crippen LogP contribution in [0.25, 0.3) is 43.8 Å². The highest BCUT2D eigenvalue weighted by atomic mass is 16.5. The van der Waals surface area contributed by atoms with Crippen LogP contribution in [0.15, 0.2) is 243 Å². The molecule has 9 aromatic rings. The summed E-state index contributed by atoms with van der Waals surface area (Å²) in [5.41, 5.74) is 13.7. The molecule has 0 saturated carbocycles. The number of carbonyl (C=O) groups is 2. The smallest absolute Gasteiger partial charge is 0.335 e. The summed E-state index contributed by atoms with van der Waals surface area (Å²) in [7, 11) is 0. The van der Waals surface area contributed by atoms with Gasteiger partial charge in [0.1, 0.15) is 11.5 Å². The maximum absolute atomic E-state index is 12.3. The van der Waals surface area contributed by atoms with Gasteiger partial charge < -0.3 is 19.3 Å². The Morgan fingerprint density at radius 2 is 0.943 bits per heavy atom. The largest absolute Gasteiger partial charge is 0.423 e. The topological polar surface area (TPSA) is 59.1 Å². The first kappa shape index (κ1) is 44.8. The van der Waals surface area contributed by atoms with E-state index in [0.717, 1.165) is 89.9 Å². The number of para-hydroxylation sites is 2. The summed E-state index contributed by atoms with van der Waals surface area (Å²) in [6.07, 6.45) is 10.0. The van der Waals surface area contributed by atoms with Crippen molar-refractivity contribution in [3.63, 3.8) is 0 Å². The van der Waals surface area contributed by atoms with Crippen LogP contribution in [0.1, 0.15) is 29.0 Å². The van der Waals surface area contributed by atoms with Gasteiger partial charge in [-0.15, -0.1) is 0 Å². The Hall–Kier alpha value is -9.00. The summed E-state index contributed by atoms with van der Waals surface area (Å²) >= 11 is 0. The van der Waals surface area contributed by atoms with Crippen LogP contribution in [0, 0.1) is 13.8 Å². The molecule has 0 fully saturated rings.